The van der Waals surface area contributed by atoms with Gasteiger partial charge in [-0.3, -0.25) is 4.79 Å². The van der Waals surface area contributed by atoms with Crippen molar-refractivity contribution >= 4 is 5.91 Å². The quantitative estimate of drug-likeness (QED) is 0.838. The van der Waals surface area contributed by atoms with Gasteiger partial charge in [0.05, 0.1) is 12.2 Å². The number of rotatable bonds is 5. The van der Waals surface area contributed by atoms with Gasteiger partial charge >= 0.3 is 0 Å². The maximum Gasteiger partial charge on any atom is 0.260 e. The summed E-state index contributed by atoms with van der Waals surface area (Å²) in [6, 6.07) is 9.18. The maximum atomic E-state index is 12.8. The summed E-state index contributed by atoms with van der Waals surface area (Å²) >= 11 is 0. The van der Waals surface area contributed by atoms with E-state index in [1.807, 2.05) is 13.0 Å². The van der Waals surface area contributed by atoms with Crippen molar-refractivity contribution in [1.82, 2.24) is 15.1 Å². The molecule has 0 N–H and O–H groups in total. The monoisotopic (exact) mass is 331 g/mol. The number of hydrogen-bond acceptors (Lipinski definition) is 5. The molecule has 0 aliphatic carbocycles. The number of benzene rings is 1. The summed E-state index contributed by atoms with van der Waals surface area (Å²) in [5.41, 5.74) is 0.823. The molecule has 1 aliphatic rings. The zero-order valence-corrected chi connectivity index (χ0v) is 13.3. The summed E-state index contributed by atoms with van der Waals surface area (Å²) in [7, 11) is 0. The van der Waals surface area contributed by atoms with E-state index in [0.29, 0.717) is 24.7 Å². The van der Waals surface area contributed by atoms with E-state index in [0.717, 1.165) is 12.1 Å². The molecule has 1 aromatic heterocycles. The standard InChI is InChI=1S/C17H18FN3O3/c1-12-2-7-16(20-19-12)24-15-8-9-21(10-15)17(22)11-23-14-5-3-13(18)4-6-14/h2-7,15H,8-11H2,1H3. The molecule has 1 unspecified atom stereocenters. The van der Waals surface area contributed by atoms with Crippen LogP contribution in [0.1, 0.15) is 12.1 Å². The summed E-state index contributed by atoms with van der Waals surface area (Å²) in [6.45, 7) is 2.87. The highest BCUT2D eigenvalue weighted by atomic mass is 19.1. The minimum atomic E-state index is -0.340. The first-order valence-electron chi connectivity index (χ1n) is 7.73. The fourth-order valence-corrected chi connectivity index (χ4v) is 2.44. The van der Waals surface area contributed by atoms with Crippen LogP contribution in [-0.2, 0) is 4.79 Å². The Morgan fingerprint density at radius 1 is 1.25 bits per heavy atom. The normalized spacial score (nSPS) is 16.9. The summed E-state index contributed by atoms with van der Waals surface area (Å²) in [5.74, 6) is 0.460. The van der Waals surface area contributed by atoms with Gasteiger partial charge in [-0.1, -0.05) is 0 Å². The van der Waals surface area contributed by atoms with Crippen molar-refractivity contribution in [3.05, 3.63) is 47.9 Å². The Kier molecular flexibility index (Phi) is 4.88. The van der Waals surface area contributed by atoms with Crippen LogP contribution in [0.5, 0.6) is 11.6 Å². The van der Waals surface area contributed by atoms with E-state index in [2.05, 4.69) is 10.2 Å². The number of halogens is 1. The minimum absolute atomic E-state index is 0.0807. The van der Waals surface area contributed by atoms with Gasteiger partial charge in [0, 0.05) is 19.0 Å². The van der Waals surface area contributed by atoms with Crippen LogP contribution >= 0.6 is 0 Å². The summed E-state index contributed by atoms with van der Waals surface area (Å²) < 4.78 is 23.9. The summed E-state index contributed by atoms with van der Waals surface area (Å²) in [5, 5.41) is 7.91. The number of carbonyl (C=O) groups is 1. The number of aryl methyl sites for hydroxylation is 1. The van der Waals surface area contributed by atoms with Crippen LogP contribution in [0.2, 0.25) is 0 Å². The molecule has 7 heteroatoms. The Balaban J connectivity index is 1.46. The second-order valence-corrected chi connectivity index (χ2v) is 5.62. The average molecular weight is 331 g/mol. The lowest BCUT2D eigenvalue weighted by Gasteiger charge is -2.17. The number of likely N-dealkylation sites (tertiary alicyclic amines) is 1. The van der Waals surface area contributed by atoms with E-state index < -0.39 is 0 Å². The molecule has 2 aromatic rings. The van der Waals surface area contributed by atoms with Gasteiger partial charge in [-0.05, 0) is 37.3 Å². The Labute approximate surface area is 139 Å². The van der Waals surface area contributed by atoms with Crippen LogP contribution in [0.25, 0.3) is 0 Å². The Bertz CT molecular complexity index is 691. The Hall–Kier alpha value is -2.70. The van der Waals surface area contributed by atoms with E-state index in [1.54, 1.807) is 11.0 Å². The fraction of sp³-hybridized carbons (Fsp3) is 0.353. The van der Waals surface area contributed by atoms with E-state index in [1.165, 1.54) is 24.3 Å². The maximum absolute atomic E-state index is 12.8. The topological polar surface area (TPSA) is 64.5 Å². The lowest BCUT2D eigenvalue weighted by Crippen LogP contribution is -2.34. The van der Waals surface area contributed by atoms with E-state index in [9.17, 15) is 9.18 Å². The molecule has 1 atom stereocenters. The molecule has 6 nitrogen and oxygen atoms in total. The largest absolute Gasteiger partial charge is 0.484 e. The molecule has 1 saturated heterocycles. The molecule has 3 rings (SSSR count). The van der Waals surface area contributed by atoms with Gasteiger partial charge in [0.2, 0.25) is 5.88 Å². The molecule has 24 heavy (non-hydrogen) atoms. The first kappa shape index (κ1) is 16.2. The van der Waals surface area contributed by atoms with Crippen LogP contribution in [0.3, 0.4) is 0 Å². The van der Waals surface area contributed by atoms with E-state index >= 15 is 0 Å². The van der Waals surface area contributed by atoms with Crippen molar-refractivity contribution in [2.75, 3.05) is 19.7 Å². The van der Waals surface area contributed by atoms with Crippen molar-refractivity contribution in [2.24, 2.45) is 0 Å². The van der Waals surface area contributed by atoms with Crippen molar-refractivity contribution < 1.29 is 18.7 Å². The van der Waals surface area contributed by atoms with Crippen LogP contribution in [0, 0.1) is 12.7 Å². The van der Waals surface area contributed by atoms with Gasteiger partial charge < -0.3 is 14.4 Å². The molecule has 1 aliphatic heterocycles. The lowest BCUT2D eigenvalue weighted by molar-refractivity contribution is -0.132. The summed E-state index contributed by atoms with van der Waals surface area (Å²) in [6.07, 6.45) is 0.634. The molecule has 126 valence electrons. The highest BCUT2D eigenvalue weighted by Crippen LogP contribution is 2.17. The van der Waals surface area contributed by atoms with Crippen molar-refractivity contribution in [3.8, 4) is 11.6 Å². The number of aromatic nitrogens is 2. The van der Waals surface area contributed by atoms with Crippen LogP contribution in [0.15, 0.2) is 36.4 Å². The van der Waals surface area contributed by atoms with Crippen LogP contribution < -0.4 is 9.47 Å². The number of nitrogens with zero attached hydrogens (tertiary/aromatic N) is 3. The van der Waals surface area contributed by atoms with Gasteiger partial charge in [0.15, 0.2) is 6.61 Å². The van der Waals surface area contributed by atoms with Gasteiger partial charge in [-0.25, -0.2) is 4.39 Å². The molecule has 1 fully saturated rings. The van der Waals surface area contributed by atoms with Gasteiger partial charge in [-0.2, -0.15) is 5.10 Å². The molecule has 2 heterocycles. The van der Waals surface area contributed by atoms with Crippen molar-refractivity contribution in [3.63, 3.8) is 0 Å². The zero-order chi connectivity index (χ0) is 16.9. The number of amides is 1. The molecule has 0 radical (unpaired) electrons. The molecule has 1 amide bonds. The average Bonchev–Trinajstić information content (AvgIpc) is 3.05. The van der Waals surface area contributed by atoms with Crippen molar-refractivity contribution in [2.45, 2.75) is 19.4 Å². The fourth-order valence-electron chi connectivity index (χ4n) is 2.44. The lowest BCUT2D eigenvalue weighted by atomic mass is 10.3. The number of ether oxygens (including phenoxy) is 2. The second-order valence-electron chi connectivity index (χ2n) is 5.62. The minimum Gasteiger partial charge on any atom is -0.484 e. The predicted molar refractivity (Wildman–Crippen MR) is 84.3 cm³/mol. The van der Waals surface area contributed by atoms with Crippen molar-refractivity contribution in [1.29, 1.82) is 0 Å². The van der Waals surface area contributed by atoms with Gasteiger partial charge in [0.1, 0.15) is 17.7 Å². The predicted octanol–water partition coefficient (Wildman–Crippen LogP) is 1.98. The third-order valence-electron chi connectivity index (χ3n) is 3.73. The molecule has 1 aromatic carbocycles. The van der Waals surface area contributed by atoms with Crippen LogP contribution in [-0.4, -0.2) is 46.8 Å². The first-order chi connectivity index (χ1) is 11.6. The smallest absolute Gasteiger partial charge is 0.260 e. The SMILES string of the molecule is Cc1ccc(OC2CCN(C(=O)COc3ccc(F)cc3)C2)nn1. The Morgan fingerprint density at radius 3 is 2.75 bits per heavy atom. The van der Waals surface area contributed by atoms with Crippen LogP contribution in [0.4, 0.5) is 4.39 Å². The number of carbonyl (C=O) groups excluding carboxylic acids is 1. The molecular formula is C17H18FN3O3. The Morgan fingerprint density at radius 2 is 2.04 bits per heavy atom. The highest BCUT2D eigenvalue weighted by Gasteiger charge is 2.28. The number of hydrogen-bond donors (Lipinski definition) is 0. The molecule has 0 bridgehead atoms. The second kappa shape index (κ2) is 7.25. The third kappa shape index (κ3) is 4.18. The first-order valence-corrected chi connectivity index (χ1v) is 7.73. The zero-order valence-electron chi connectivity index (χ0n) is 13.3. The molecular weight excluding hydrogens is 313 g/mol. The molecule has 0 saturated carbocycles. The van der Waals surface area contributed by atoms with Gasteiger partial charge in [0.25, 0.3) is 5.91 Å². The van der Waals surface area contributed by atoms with E-state index in [-0.39, 0.29) is 24.4 Å². The van der Waals surface area contributed by atoms with Gasteiger partial charge in [-0.15, -0.1) is 5.10 Å². The van der Waals surface area contributed by atoms with E-state index in [4.69, 9.17) is 9.47 Å². The molecule has 0 spiro atoms. The third-order valence-corrected chi connectivity index (χ3v) is 3.73. The summed E-state index contributed by atoms with van der Waals surface area (Å²) in [4.78, 5) is 13.9. The highest BCUT2D eigenvalue weighted by molar-refractivity contribution is 5.78.